The van der Waals surface area contributed by atoms with Gasteiger partial charge in [-0.1, -0.05) is 48.5 Å². The number of amidine groups is 2. The van der Waals surface area contributed by atoms with Crippen LogP contribution in [0.1, 0.15) is 27.8 Å². The quantitative estimate of drug-likeness (QED) is 0.230. The van der Waals surface area contributed by atoms with Crippen LogP contribution in [0.5, 0.6) is 0 Å². The number of benzene rings is 3. The maximum atomic E-state index is 7.48. The van der Waals surface area contributed by atoms with E-state index in [9.17, 15) is 0 Å². The summed E-state index contributed by atoms with van der Waals surface area (Å²) in [5, 5.41) is 15.0. The molecule has 3 aromatic carbocycles. The average molecular weight is 421 g/mol. The molecule has 148 valence electrons. The highest BCUT2D eigenvalue weighted by molar-refractivity contribution is 7.99. The lowest BCUT2D eigenvalue weighted by molar-refractivity contribution is 1.25. The van der Waals surface area contributed by atoms with Crippen LogP contribution in [0.25, 0.3) is 0 Å². The number of thioether (sulfide) groups is 2. The van der Waals surface area contributed by atoms with Gasteiger partial charge in [-0.05, 0) is 41.8 Å². The third-order valence-corrected chi connectivity index (χ3v) is 6.46. The molecule has 29 heavy (non-hydrogen) atoms. The topological polar surface area (TPSA) is 99.7 Å². The normalized spacial score (nSPS) is 10.7. The van der Waals surface area contributed by atoms with Crippen molar-refractivity contribution in [1.82, 2.24) is 0 Å². The van der Waals surface area contributed by atoms with Crippen LogP contribution in [0, 0.1) is 17.7 Å². The minimum Gasteiger partial charge on any atom is -0.384 e. The average Bonchev–Trinajstić information content (AvgIpc) is 2.71. The van der Waals surface area contributed by atoms with Crippen molar-refractivity contribution in [2.75, 3.05) is 0 Å². The molecule has 0 fully saturated rings. The Morgan fingerprint density at radius 1 is 0.690 bits per heavy atom. The van der Waals surface area contributed by atoms with Gasteiger partial charge in [0.25, 0.3) is 0 Å². The van der Waals surface area contributed by atoms with Crippen molar-refractivity contribution in [2.24, 2.45) is 11.5 Å². The zero-order valence-electron chi connectivity index (χ0n) is 16.2. The number of rotatable bonds is 8. The molecule has 0 aliphatic carbocycles. The highest BCUT2D eigenvalue weighted by Gasteiger charge is 2.04. The van der Waals surface area contributed by atoms with E-state index in [-0.39, 0.29) is 11.7 Å². The minimum atomic E-state index is 0.0977. The van der Waals surface area contributed by atoms with Crippen molar-refractivity contribution in [2.45, 2.75) is 28.2 Å². The van der Waals surface area contributed by atoms with Crippen LogP contribution in [0.2, 0.25) is 0 Å². The highest BCUT2D eigenvalue weighted by atomic mass is 32.2. The van der Waals surface area contributed by atoms with Gasteiger partial charge in [-0.25, -0.2) is 0 Å². The SMILES string of the molecule is Cc1cc(SCc2ccc(C(=N)N)cc2)cc(SCc2ccc(C(=N)N)cc2)c1. The fourth-order valence-corrected chi connectivity index (χ4v) is 4.86. The van der Waals surface area contributed by atoms with Gasteiger partial charge in [-0.3, -0.25) is 10.8 Å². The molecule has 6 N–H and O–H groups in total. The highest BCUT2D eigenvalue weighted by Crippen LogP contribution is 2.31. The molecule has 0 aliphatic heterocycles. The lowest BCUT2D eigenvalue weighted by atomic mass is 10.1. The Morgan fingerprint density at radius 3 is 1.41 bits per heavy atom. The van der Waals surface area contributed by atoms with Crippen LogP contribution in [0.3, 0.4) is 0 Å². The summed E-state index contributed by atoms with van der Waals surface area (Å²) in [6.45, 7) is 2.12. The molecular weight excluding hydrogens is 396 g/mol. The Kier molecular flexibility index (Phi) is 7.01. The van der Waals surface area contributed by atoms with E-state index >= 15 is 0 Å². The van der Waals surface area contributed by atoms with Gasteiger partial charge in [0.1, 0.15) is 11.7 Å². The number of nitrogen functional groups attached to an aromatic ring is 2. The van der Waals surface area contributed by atoms with E-state index < -0.39 is 0 Å². The summed E-state index contributed by atoms with van der Waals surface area (Å²) in [4.78, 5) is 2.49. The molecule has 0 aliphatic rings. The Labute approximate surface area is 180 Å². The first kappa shape index (κ1) is 21.0. The number of nitrogens with one attached hydrogen (secondary N) is 2. The van der Waals surface area contributed by atoms with E-state index in [0.717, 1.165) is 22.6 Å². The Bertz CT molecular complexity index is 932. The van der Waals surface area contributed by atoms with Crippen molar-refractivity contribution in [3.8, 4) is 0 Å². The zero-order chi connectivity index (χ0) is 20.8. The predicted octanol–water partition coefficient (Wildman–Crippen LogP) is 5.15. The predicted molar refractivity (Wildman–Crippen MR) is 125 cm³/mol. The molecule has 0 unspecified atom stereocenters. The summed E-state index contributed by atoms with van der Waals surface area (Å²) in [7, 11) is 0. The lowest BCUT2D eigenvalue weighted by Crippen LogP contribution is -2.10. The number of hydrogen-bond donors (Lipinski definition) is 4. The van der Waals surface area contributed by atoms with Crippen molar-refractivity contribution in [3.63, 3.8) is 0 Å². The molecule has 0 amide bonds. The van der Waals surface area contributed by atoms with Crippen LogP contribution in [0.15, 0.2) is 76.5 Å². The minimum absolute atomic E-state index is 0.0977. The van der Waals surface area contributed by atoms with E-state index in [1.54, 1.807) is 0 Å². The molecule has 0 aromatic heterocycles. The number of nitrogens with two attached hydrogens (primary N) is 2. The third-order valence-electron chi connectivity index (χ3n) is 4.37. The zero-order valence-corrected chi connectivity index (χ0v) is 17.9. The lowest BCUT2D eigenvalue weighted by Gasteiger charge is -2.09. The standard InChI is InChI=1S/C23H24N4S2/c1-15-10-20(28-13-16-2-6-18(7-3-16)22(24)25)12-21(11-15)29-14-17-4-8-19(9-5-17)23(26)27/h2-12H,13-14H2,1H3,(H3,24,25)(H3,26,27). The monoisotopic (exact) mass is 420 g/mol. The van der Waals surface area contributed by atoms with E-state index in [1.165, 1.54) is 26.5 Å². The van der Waals surface area contributed by atoms with Crippen LogP contribution < -0.4 is 11.5 Å². The molecule has 0 saturated carbocycles. The molecule has 6 heteroatoms. The second-order valence-corrected chi connectivity index (χ2v) is 8.88. The molecule has 4 nitrogen and oxygen atoms in total. The van der Waals surface area contributed by atoms with Crippen molar-refractivity contribution in [3.05, 3.63) is 94.5 Å². The molecule has 0 spiro atoms. The van der Waals surface area contributed by atoms with Crippen molar-refractivity contribution < 1.29 is 0 Å². The maximum absolute atomic E-state index is 7.48. The number of aryl methyl sites for hydroxylation is 1. The second-order valence-electron chi connectivity index (χ2n) is 6.78. The molecule has 0 radical (unpaired) electrons. The largest absolute Gasteiger partial charge is 0.384 e. The summed E-state index contributed by atoms with van der Waals surface area (Å²) >= 11 is 3.61. The third kappa shape index (κ3) is 6.14. The summed E-state index contributed by atoms with van der Waals surface area (Å²) in [5.74, 6) is 1.94. The van der Waals surface area contributed by atoms with E-state index in [0.29, 0.717) is 0 Å². The van der Waals surface area contributed by atoms with Gasteiger partial charge in [-0.15, -0.1) is 23.5 Å². The summed E-state index contributed by atoms with van der Waals surface area (Å²) in [5.41, 5.74) is 16.2. The first-order valence-electron chi connectivity index (χ1n) is 9.14. The molecule has 3 aromatic rings. The van der Waals surface area contributed by atoms with E-state index in [1.807, 2.05) is 72.1 Å². The van der Waals surface area contributed by atoms with E-state index in [4.69, 9.17) is 22.3 Å². The molecule has 0 bridgehead atoms. The molecule has 3 rings (SSSR count). The number of hydrogen-bond acceptors (Lipinski definition) is 4. The van der Waals surface area contributed by atoms with Gasteiger partial charge in [0.2, 0.25) is 0 Å². The van der Waals surface area contributed by atoms with Crippen LogP contribution in [0.4, 0.5) is 0 Å². The fraction of sp³-hybridized carbons (Fsp3) is 0.130. The van der Waals surface area contributed by atoms with Crippen LogP contribution >= 0.6 is 23.5 Å². The molecule has 0 heterocycles. The van der Waals surface area contributed by atoms with Crippen LogP contribution in [-0.4, -0.2) is 11.7 Å². The van der Waals surface area contributed by atoms with Gasteiger partial charge in [-0.2, -0.15) is 0 Å². The van der Waals surface area contributed by atoms with E-state index in [2.05, 4.69) is 25.1 Å². The molecule has 0 saturated heterocycles. The van der Waals surface area contributed by atoms with Gasteiger partial charge in [0.15, 0.2) is 0 Å². The maximum Gasteiger partial charge on any atom is 0.122 e. The molecule has 0 atom stereocenters. The summed E-state index contributed by atoms with van der Waals surface area (Å²) in [6.07, 6.45) is 0. The Morgan fingerprint density at radius 2 is 1.07 bits per heavy atom. The summed E-state index contributed by atoms with van der Waals surface area (Å²) in [6, 6.07) is 22.3. The fourth-order valence-electron chi connectivity index (χ4n) is 2.78. The first-order valence-corrected chi connectivity index (χ1v) is 11.1. The summed E-state index contributed by atoms with van der Waals surface area (Å²) < 4.78 is 0. The Hall–Kier alpha value is -2.70. The smallest absolute Gasteiger partial charge is 0.122 e. The van der Waals surface area contributed by atoms with Crippen molar-refractivity contribution in [1.29, 1.82) is 10.8 Å². The van der Waals surface area contributed by atoms with Crippen LogP contribution in [-0.2, 0) is 11.5 Å². The van der Waals surface area contributed by atoms with Crippen molar-refractivity contribution >= 4 is 35.2 Å². The second kappa shape index (κ2) is 9.67. The Balaban J connectivity index is 1.61. The van der Waals surface area contributed by atoms with Gasteiger partial charge in [0.05, 0.1) is 0 Å². The van der Waals surface area contributed by atoms with Gasteiger partial charge >= 0.3 is 0 Å². The molecular formula is C23H24N4S2. The van der Waals surface area contributed by atoms with Gasteiger partial charge in [0, 0.05) is 32.4 Å². The first-order chi connectivity index (χ1) is 13.9. The van der Waals surface area contributed by atoms with Gasteiger partial charge < -0.3 is 11.5 Å².